The predicted molar refractivity (Wildman–Crippen MR) is 117 cm³/mol. The normalized spacial score (nSPS) is 20.7. The van der Waals surface area contributed by atoms with Crippen molar-refractivity contribution in [3.8, 4) is 0 Å². The minimum absolute atomic E-state index is 0.0764. The van der Waals surface area contributed by atoms with E-state index in [1.54, 1.807) is 18.2 Å². The lowest BCUT2D eigenvalue weighted by Gasteiger charge is -2.32. The number of para-hydroxylation sites is 1. The highest BCUT2D eigenvalue weighted by atomic mass is 35.5. The summed E-state index contributed by atoms with van der Waals surface area (Å²) in [6.07, 6.45) is -0.447. The van der Waals surface area contributed by atoms with Crippen LogP contribution in [0.1, 0.15) is 0 Å². The van der Waals surface area contributed by atoms with Gasteiger partial charge in [-0.2, -0.15) is 0 Å². The number of amides is 2. The Labute approximate surface area is 186 Å². The number of rotatable bonds is 4. The lowest BCUT2D eigenvalue weighted by atomic mass is 10.0. The zero-order chi connectivity index (χ0) is 21.3. The van der Waals surface area contributed by atoms with Crippen LogP contribution in [0.5, 0.6) is 0 Å². The van der Waals surface area contributed by atoms with Crippen LogP contribution in [0, 0.1) is 11.7 Å². The fraction of sp³-hybridized carbons (Fsp3) is 0.211. The summed E-state index contributed by atoms with van der Waals surface area (Å²) in [5.74, 6) is -1.64. The Morgan fingerprint density at radius 3 is 2.87 bits per heavy atom. The molecule has 2 aliphatic rings. The first-order valence-corrected chi connectivity index (χ1v) is 10.7. The number of aliphatic imine (C=N–C) groups is 1. The SMILES string of the molecule is O=C(CSC1=NC2NNCC2C(=O)N1c1ccc(Cl)cc1Cl)Nc1ccccc1F. The lowest BCUT2D eigenvalue weighted by molar-refractivity contribution is -0.121. The maximum Gasteiger partial charge on any atom is 0.241 e. The number of hydrazine groups is 1. The summed E-state index contributed by atoms with van der Waals surface area (Å²) < 4.78 is 13.8. The van der Waals surface area contributed by atoms with E-state index in [0.717, 1.165) is 11.8 Å². The molecular formula is C19H16Cl2FN5O2S. The van der Waals surface area contributed by atoms with Gasteiger partial charge >= 0.3 is 0 Å². The number of carbonyl (C=O) groups is 2. The van der Waals surface area contributed by atoms with Crippen LogP contribution in [0.3, 0.4) is 0 Å². The number of benzene rings is 2. The average molecular weight is 468 g/mol. The number of hydrogen-bond acceptors (Lipinski definition) is 6. The number of halogens is 3. The number of amidine groups is 1. The van der Waals surface area contributed by atoms with E-state index in [4.69, 9.17) is 23.2 Å². The third-order valence-corrected chi connectivity index (χ3v) is 6.05. The topological polar surface area (TPSA) is 85.8 Å². The molecule has 30 heavy (non-hydrogen) atoms. The maximum absolute atomic E-state index is 13.8. The molecule has 2 aromatic carbocycles. The first-order chi connectivity index (χ1) is 14.4. The van der Waals surface area contributed by atoms with Crippen molar-refractivity contribution in [2.24, 2.45) is 10.9 Å². The molecular weight excluding hydrogens is 452 g/mol. The fourth-order valence-corrected chi connectivity index (χ4v) is 4.46. The summed E-state index contributed by atoms with van der Waals surface area (Å²) >= 11 is 13.4. The average Bonchev–Trinajstić information content (AvgIpc) is 3.18. The van der Waals surface area contributed by atoms with E-state index in [0.29, 0.717) is 22.4 Å². The zero-order valence-corrected chi connectivity index (χ0v) is 17.7. The number of nitrogens with zero attached hydrogens (tertiary/aromatic N) is 2. The van der Waals surface area contributed by atoms with Gasteiger partial charge in [0, 0.05) is 11.6 Å². The highest BCUT2D eigenvalue weighted by Crippen LogP contribution is 2.35. The number of nitrogens with one attached hydrogen (secondary N) is 3. The Bertz CT molecular complexity index is 1040. The van der Waals surface area contributed by atoms with E-state index in [1.165, 1.54) is 29.2 Å². The summed E-state index contributed by atoms with van der Waals surface area (Å²) in [5.41, 5.74) is 6.39. The molecule has 2 atom stereocenters. The Balaban J connectivity index is 1.56. The summed E-state index contributed by atoms with van der Waals surface area (Å²) in [6.45, 7) is 0.417. The molecule has 3 N–H and O–H groups in total. The Morgan fingerprint density at radius 1 is 1.30 bits per heavy atom. The number of carbonyl (C=O) groups excluding carboxylic acids is 2. The lowest BCUT2D eigenvalue weighted by Crippen LogP contribution is -2.49. The summed E-state index contributed by atoms with van der Waals surface area (Å²) in [6, 6.07) is 10.7. The molecule has 0 spiro atoms. The Hall–Kier alpha value is -2.17. The number of anilines is 2. The molecule has 7 nitrogen and oxygen atoms in total. The maximum atomic E-state index is 13.8. The van der Waals surface area contributed by atoms with Gasteiger partial charge in [0.1, 0.15) is 12.0 Å². The van der Waals surface area contributed by atoms with Crippen LogP contribution in [-0.4, -0.2) is 35.4 Å². The molecule has 2 unspecified atom stereocenters. The monoisotopic (exact) mass is 467 g/mol. The van der Waals surface area contributed by atoms with Crippen LogP contribution in [-0.2, 0) is 9.59 Å². The molecule has 0 radical (unpaired) electrons. The van der Waals surface area contributed by atoms with E-state index in [9.17, 15) is 14.0 Å². The predicted octanol–water partition coefficient (Wildman–Crippen LogP) is 3.26. The van der Waals surface area contributed by atoms with Gasteiger partial charge in [-0.1, -0.05) is 47.1 Å². The minimum atomic E-state index is -0.528. The van der Waals surface area contributed by atoms with Crippen LogP contribution < -0.4 is 21.1 Å². The van der Waals surface area contributed by atoms with Crippen molar-refractivity contribution >= 4 is 63.3 Å². The number of hydrogen-bond donors (Lipinski definition) is 3. The van der Waals surface area contributed by atoms with Crippen molar-refractivity contribution in [1.82, 2.24) is 10.9 Å². The van der Waals surface area contributed by atoms with E-state index < -0.39 is 23.8 Å². The van der Waals surface area contributed by atoms with Crippen LogP contribution in [0.25, 0.3) is 0 Å². The standard InChI is InChI=1S/C19H16Cl2FN5O2S/c20-10-5-6-15(12(21)7-10)27-18(29)11-8-23-26-17(11)25-19(27)30-9-16(28)24-14-4-2-1-3-13(14)22/h1-7,11,17,23,26H,8-9H2,(H,24,28). The van der Waals surface area contributed by atoms with Crippen molar-refractivity contribution in [1.29, 1.82) is 0 Å². The molecule has 0 aliphatic carbocycles. The molecule has 0 saturated carbocycles. The molecule has 4 rings (SSSR count). The zero-order valence-electron chi connectivity index (χ0n) is 15.4. The van der Waals surface area contributed by atoms with Gasteiger partial charge < -0.3 is 5.32 Å². The van der Waals surface area contributed by atoms with E-state index in [1.807, 2.05) is 0 Å². The van der Waals surface area contributed by atoms with Gasteiger partial charge in [0.25, 0.3) is 0 Å². The molecule has 2 amide bonds. The smallest absolute Gasteiger partial charge is 0.241 e. The Morgan fingerprint density at radius 2 is 2.10 bits per heavy atom. The summed E-state index contributed by atoms with van der Waals surface area (Å²) in [4.78, 5) is 31.5. The highest BCUT2D eigenvalue weighted by Gasteiger charge is 2.42. The summed E-state index contributed by atoms with van der Waals surface area (Å²) in [5, 5.41) is 3.55. The van der Waals surface area contributed by atoms with E-state index in [-0.39, 0.29) is 22.4 Å². The highest BCUT2D eigenvalue weighted by molar-refractivity contribution is 8.14. The van der Waals surface area contributed by atoms with Crippen LogP contribution in [0.2, 0.25) is 10.0 Å². The minimum Gasteiger partial charge on any atom is -0.323 e. The van der Waals surface area contributed by atoms with Crippen molar-refractivity contribution in [2.45, 2.75) is 6.17 Å². The molecule has 1 fully saturated rings. The number of thioether (sulfide) groups is 1. The summed E-state index contributed by atoms with van der Waals surface area (Å²) in [7, 11) is 0. The molecule has 2 aromatic rings. The van der Waals surface area contributed by atoms with Crippen molar-refractivity contribution < 1.29 is 14.0 Å². The first-order valence-electron chi connectivity index (χ1n) is 8.96. The third kappa shape index (κ3) is 4.30. The van der Waals surface area contributed by atoms with E-state index >= 15 is 0 Å². The molecule has 2 heterocycles. The van der Waals surface area contributed by atoms with Crippen molar-refractivity contribution in [2.75, 3.05) is 22.5 Å². The quantitative estimate of drug-likeness (QED) is 0.642. The molecule has 11 heteroatoms. The van der Waals surface area contributed by atoms with Gasteiger partial charge in [-0.25, -0.2) is 14.8 Å². The van der Waals surface area contributed by atoms with Gasteiger partial charge in [0.2, 0.25) is 11.8 Å². The molecule has 156 valence electrons. The second-order valence-corrected chi connectivity index (χ2v) is 8.36. The van der Waals surface area contributed by atoms with Gasteiger partial charge in [-0.05, 0) is 30.3 Å². The van der Waals surface area contributed by atoms with Crippen molar-refractivity contribution in [3.05, 3.63) is 58.3 Å². The largest absolute Gasteiger partial charge is 0.323 e. The molecule has 1 saturated heterocycles. The number of fused-ring (bicyclic) bond motifs is 1. The van der Waals surface area contributed by atoms with Crippen molar-refractivity contribution in [3.63, 3.8) is 0 Å². The third-order valence-electron chi connectivity index (χ3n) is 4.56. The van der Waals surface area contributed by atoms with Gasteiger partial charge in [0.05, 0.1) is 28.1 Å². The molecule has 0 aromatic heterocycles. The molecule has 0 bridgehead atoms. The van der Waals surface area contributed by atoms with Gasteiger partial charge in [-0.15, -0.1) is 0 Å². The molecule has 2 aliphatic heterocycles. The van der Waals surface area contributed by atoms with E-state index in [2.05, 4.69) is 21.2 Å². The van der Waals surface area contributed by atoms with Crippen LogP contribution in [0.15, 0.2) is 47.5 Å². The fourth-order valence-electron chi connectivity index (χ4n) is 3.13. The van der Waals surface area contributed by atoms with Gasteiger partial charge in [-0.3, -0.25) is 19.9 Å². The second kappa shape index (κ2) is 8.91. The first kappa shape index (κ1) is 21.1. The van der Waals surface area contributed by atoms with Gasteiger partial charge in [0.15, 0.2) is 5.17 Å². The van der Waals surface area contributed by atoms with Crippen LogP contribution in [0.4, 0.5) is 15.8 Å². The second-order valence-electron chi connectivity index (χ2n) is 6.57. The Kier molecular flexibility index (Phi) is 6.26. The van der Waals surface area contributed by atoms with Crippen LogP contribution >= 0.6 is 35.0 Å².